The number of alkyl halides is 2. The van der Waals surface area contributed by atoms with Gasteiger partial charge in [0.05, 0.1) is 44.5 Å². The Morgan fingerprint density at radius 1 is 1.13 bits per heavy atom. The molecule has 2 atom stereocenters. The van der Waals surface area contributed by atoms with Crippen LogP contribution < -0.4 is 4.74 Å². The van der Waals surface area contributed by atoms with E-state index in [0.717, 1.165) is 12.2 Å². The molecule has 0 bridgehead atoms. The fraction of sp³-hybridized carbons (Fsp3) is 0.500. The number of azo groups is 1. The highest BCUT2D eigenvalue weighted by atomic mass is 35.5. The molecule has 0 spiro atoms. The number of carbonyl (C=O) groups excluding carboxylic acids is 1. The van der Waals surface area contributed by atoms with Crippen molar-refractivity contribution >= 4 is 40.8 Å². The molecular formula is C20H30Cl2N4O5. The van der Waals surface area contributed by atoms with Crippen LogP contribution in [0.4, 0.5) is 11.6 Å². The highest BCUT2D eigenvalue weighted by Crippen LogP contribution is 2.20. The van der Waals surface area contributed by atoms with Crippen molar-refractivity contribution in [2.75, 3.05) is 26.0 Å². The molecule has 0 saturated heterocycles. The van der Waals surface area contributed by atoms with Crippen LogP contribution in [0.3, 0.4) is 0 Å². The smallest absolute Gasteiger partial charge is 0.302 e. The number of aliphatic hydroxyl groups is 2. The summed E-state index contributed by atoms with van der Waals surface area (Å²) in [6.45, 7) is 3.59. The van der Waals surface area contributed by atoms with Crippen molar-refractivity contribution in [3.8, 4) is 5.75 Å². The molecule has 31 heavy (non-hydrogen) atoms. The molecule has 0 aliphatic heterocycles. The number of hydrogen-bond donors (Lipinski definition) is 2. The average Bonchev–Trinajstić information content (AvgIpc) is 3.24. The van der Waals surface area contributed by atoms with Gasteiger partial charge in [0.2, 0.25) is 5.95 Å². The summed E-state index contributed by atoms with van der Waals surface area (Å²) in [6, 6.07) is 7.20. The molecule has 2 rings (SSSR count). The second kappa shape index (κ2) is 17.5. The second-order valence-electron chi connectivity index (χ2n) is 6.00. The summed E-state index contributed by atoms with van der Waals surface area (Å²) >= 11 is 10.8. The molecule has 9 nitrogen and oxygen atoms in total. The van der Waals surface area contributed by atoms with Gasteiger partial charge in [-0.2, -0.15) is 0 Å². The van der Waals surface area contributed by atoms with E-state index in [1.54, 1.807) is 48.3 Å². The lowest BCUT2D eigenvalue weighted by molar-refractivity contribution is -0.137. The lowest BCUT2D eigenvalue weighted by Crippen LogP contribution is -2.16. The van der Waals surface area contributed by atoms with Crippen molar-refractivity contribution in [3.63, 3.8) is 0 Å². The number of nitrogens with zero attached hydrogens (tertiary/aromatic N) is 4. The van der Waals surface area contributed by atoms with Gasteiger partial charge in [-0.05, 0) is 30.7 Å². The van der Waals surface area contributed by atoms with Crippen molar-refractivity contribution in [2.24, 2.45) is 10.2 Å². The third-order valence-corrected chi connectivity index (χ3v) is 4.26. The minimum absolute atomic E-state index is 0.160. The fourth-order valence-electron chi connectivity index (χ4n) is 1.68. The van der Waals surface area contributed by atoms with Crippen LogP contribution in [-0.2, 0) is 16.1 Å². The monoisotopic (exact) mass is 476 g/mol. The van der Waals surface area contributed by atoms with E-state index in [2.05, 4.69) is 19.9 Å². The van der Waals surface area contributed by atoms with Crippen LogP contribution in [0.5, 0.6) is 5.75 Å². The molecule has 11 heteroatoms. The first kappa shape index (κ1) is 28.8. The maximum absolute atomic E-state index is 9.59. The predicted octanol–water partition coefficient (Wildman–Crippen LogP) is 4.08. The number of imidazole rings is 1. The molecular weight excluding hydrogens is 447 g/mol. The summed E-state index contributed by atoms with van der Waals surface area (Å²) in [5, 5.41) is 26.2. The highest BCUT2D eigenvalue weighted by molar-refractivity contribution is 6.18. The van der Waals surface area contributed by atoms with E-state index in [4.69, 9.17) is 33.0 Å². The first-order valence-corrected chi connectivity index (χ1v) is 10.5. The fourth-order valence-corrected chi connectivity index (χ4v) is 2.00. The van der Waals surface area contributed by atoms with Gasteiger partial charge in [0.1, 0.15) is 5.75 Å². The van der Waals surface area contributed by atoms with Gasteiger partial charge in [-0.3, -0.25) is 4.79 Å². The van der Waals surface area contributed by atoms with E-state index in [9.17, 15) is 9.90 Å². The maximum atomic E-state index is 9.59. The lowest BCUT2D eigenvalue weighted by Gasteiger charge is -2.08. The van der Waals surface area contributed by atoms with E-state index >= 15 is 0 Å². The molecule has 2 unspecified atom stereocenters. The van der Waals surface area contributed by atoms with Crippen molar-refractivity contribution in [1.29, 1.82) is 0 Å². The number of aromatic nitrogens is 2. The van der Waals surface area contributed by atoms with E-state index in [0.29, 0.717) is 24.1 Å². The maximum Gasteiger partial charge on any atom is 0.302 e. The quantitative estimate of drug-likeness (QED) is 0.336. The number of methoxy groups -OCH3 is 2. The van der Waals surface area contributed by atoms with Gasteiger partial charge >= 0.3 is 5.97 Å². The summed E-state index contributed by atoms with van der Waals surface area (Å²) in [6.07, 6.45) is 3.14. The first-order valence-electron chi connectivity index (χ1n) is 9.40. The zero-order valence-electron chi connectivity index (χ0n) is 18.1. The molecule has 1 aromatic carbocycles. The number of ether oxygens (including phenoxy) is 2. The number of halogens is 2. The van der Waals surface area contributed by atoms with Crippen LogP contribution in [0.1, 0.15) is 20.3 Å². The molecule has 1 aromatic heterocycles. The molecule has 0 amide bonds. The van der Waals surface area contributed by atoms with Crippen LogP contribution in [-0.4, -0.2) is 63.9 Å². The Labute approximate surface area is 192 Å². The number of carbonyl (C=O) groups is 1. The lowest BCUT2D eigenvalue weighted by atomic mass is 10.3. The Kier molecular flexibility index (Phi) is 16.2. The molecule has 2 N–H and O–H groups in total. The molecule has 1 heterocycles. The number of hydrogen-bond acceptors (Lipinski definition) is 8. The standard InChI is InChI=1S/C13H15ClN4O2.C4H9ClO.C3H6O2/c1-20-12-4-2-10(3-5-12)16-17-13-15-6-7-18(13)9-11(19)8-14;1-2-4(6)3-5;1-3(4)5-2/h2-7,11,19H,8-9H2,1H3;4,6H,2-3H2,1H3;1-2H3. The minimum Gasteiger partial charge on any atom is -0.497 e. The van der Waals surface area contributed by atoms with E-state index in [1.165, 1.54) is 14.0 Å². The minimum atomic E-state index is -0.638. The van der Waals surface area contributed by atoms with Crippen molar-refractivity contribution in [2.45, 2.75) is 39.0 Å². The molecule has 0 radical (unpaired) electrons. The number of esters is 1. The zero-order valence-corrected chi connectivity index (χ0v) is 19.6. The molecule has 0 aliphatic rings. The van der Waals surface area contributed by atoms with Crippen molar-refractivity contribution in [3.05, 3.63) is 36.7 Å². The van der Waals surface area contributed by atoms with Gasteiger partial charge in [0.25, 0.3) is 0 Å². The topological polar surface area (TPSA) is 119 Å². The van der Waals surface area contributed by atoms with Gasteiger partial charge in [0, 0.05) is 25.2 Å². The van der Waals surface area contributed by atoms with E-state index in [1.807, 2.05) is 6.92 Å². The Balaban J connectivity index is 0.000000679. The normalized spacial score (nSPS) is 12.1. The summed E-state index contributed by atoms with van der Waals surface area (Å²) in [7, 11) is 2.96. The van der Waals surface area contributed by atoms with Crippen LogP contribution in [0.15, 0.2) is 46.9 Å². The van der Waals surface area contributed by atoms with Gasteiger partial charge < -0.3 is 24.3 Å². The molecule has 2 aromatic rings. The van der Waals surface area contributed by atoms with Gasteiger partial charge in [0.15, 0.2) is 0 Å². The van der Waals surface area contributed by atoms with Crippen LogP contribution >= 0.6 is 23.2 Å². The van der Waals surface area contributed by atoms with Gasteiger partial charge in [-0.15, -0.1) is 33.4 Å². The molecule has 0 saturated carbocycles. The van der Waals surface area contributed by atoms with Crippen LogP contribution in [0.2, 0.25) is 0 Å². The number of rotatable bonds is 8. The van der Waals surface area contributed by atoms with Crippen LogP contribution in [0, 0.1) is 0 Å². The van der Waals surface area contributed by atoms with Gasteiger partial charge in [-0.25, -0.2) is 4.98 Å². The Hall–Kier alpha value is -2.20. The number of benzene rings is 1. The molecule has 174 valence electrons. The molecule has 0 aliphatic carbocycles. The van der Waals surface area contributed by atoms with E-state index < -0.39 is 6.10 Å². The predicted molar refractivity (Wildman–Crippen MR) is 121 cm³/mol. The van der Waals surface area contributed by atoms with Gasteiger partial charge in [-0.1, -0.05) is 6.92 Å². The summed E-state index contributed by atoms with van der Waals surface area (Å²) in [5.41, 5.74) is 0.693. The second-order valence-corrected chi connectivity index (χ2v) is 6.62. The third kappa shape index (κ3) is 13.7. The van der Waals surface area contributed by atoms with Crippen molar-refractivity contribution < 1.29 is 24.5 Å². The first-order chi connectivity index (χ1) is 14.8. The SMILES string of the molecule is CCC(O)CCl.COC(C)=O.COc1ccc(N=Nc2nccn2CC(O)CCl)cc1. The largest absolute Gasteiger partial charge is 0.497 e. The summed E-state index contributed by atoms with van der Waals surface area (Å²) < 4.78 is 10.9. The Bertz CT molecular complexity index is 752. The van der Waals surface area contributed by atoms with Crippen LogP contribution in [0.25, 0.3) is 0 Å². The highest BCUT2D eigenvalue weighted by Gasteiger charge is 2.07. The molecule has 0 fully saturated rings. The summed E-state index contributed by atoms with van der Waals surface area (Å²) in [5.74, 6) is 1.45. The van der Waals surface area contributed by atoms with E-state index in [-0.39, 0.29) is 18.0 Å². The summed E-state index contributed by atoms with van der Waals surface area (Å²) in [4.78, 5) is 13.7. The Morgan fingerprint density at radius 2 is 1.71 bits per heavy atom. The number of aliphatic hydroxyl groups excluding tert-OH is 2. The van der Waals surface area contributed by atoms with Crippen molar-refractivity contribution in [1.82, 2.24) is 9.55 Å². The average molecular weight is 477 g/mol. The zero-order chi connectivity index (χ0) is 23.6. The Morgan fingerprint density at radius 3 is 2.13 bits per heavy atom. The third-order valence-electron chi connectivity index (χ3n) is 3.54.